The molecule has 0 atom stereocenters. The first-order chi connectivity index (χ1) is 9.02. The molecule has 100 valence electrons. The standard InChI is InChI=1S/C14H14ClNO3/c1-9-12(14(17)18)5-6-16(9)8-10-7-11(15)3-4-13(10)19-2/h3-7H,8H2,1-2H3,(H,17,18). The van der Waals surface area contributed by atoms with Crippen LogP contribution in [0.4, 0.5) is 0 Å². The van der Waals surface area contributed by atoms with Gasteiger partial charge in [-0.1, -0.05) is 11.6 Å². The van der Waals surface area contributed by atoms with E-state index in [1.165, 1.54) is 0 Å². The third-order valence-corrected chi connectivity index (χ3v) is 3.29. The van der Waals surface area contributed by atoms with E-state index in [1.54, 1.807) is 38.4 Å². The molecule has 0 aliphatic rings. The van der Waals surface area contributed by atoms with Crippen molar-refractivity contribution in [2.75, 3.05) is 7.11 Å². The number of nitrogens with zero attached hydrogens (tertiary/aromatic N) is 1. The number of carbonyl (C=O) groups is 1. The van der Waals surface area contributed by atoms with Crippen molar-refractivity contribution in [3.63, 3.8) is 0 Å². The molecule has 0 aliphatic heterocycles. The fraction of sp³-hybridized carbons (Fsp3) is 0.214. The maximum absolute atomic E-state index is 11.0. The minimum absolute atomic E-state index is 0.306. The lowest BCUT2D eigenvalue weighted by Crippen LogP contribution is -2.05. The predicted octanol–water partition coefficient (Wildman–Crippen LogP) is 3.21. The Balaban J connectivity index is 2.36. The summed E-state index contributed by atoms with van der Waals surface area (Å²) >= 11 is 5.98. The topological polar surface area (TPSA) is 51.5 Å². The van der Waals surface area contributed by atoms with E-state index < -0.39 is 5.97 Å². The van der Waals surface area contributed by atoms with Gasteiger partial charge in [-0.2, -0.15) is 0 Å². The van der Waals surface area contributed by atoms with Crippen molar-refractivity contribution in [1.29, 1.82) is 0 Å². The van der Waals surface area contributed by atoms with Crippen molar-refractivity contribution < 1.29 is 14.6 Å². The largest absolute Gasteiger partial charge is 0.496 e. The van der Waals surface area contributed by atoms with Crippen LogP contribution in [-0.4, -0.2) is 22.8 Å². The highest BCUT2D eigenvalue weighted by molar-refractivity contribution is 6.30. The van der Waals surface area contributed by atoms with Crippen LogP contribution >= 0.6 is 11.6 Å². The van der Waals surface area contributed by atoms with Crippen molar-refractivity contribution in [1.82, 2.24) is 4.57 Å². The Bertz CT molecular complexity index is 619. The molecule has 0 fully saturated rings. The maximum Gasteiger partial charge on any atom is 0.337 e. The molecule has 0 amide bonds. The van der Waals surface area contributed by atoms with Gasteiger partial charge in [0.25, 0.3) is 0 Å². The molecule has 5 heteroatoms. The summed E-state index contributed by atoms with van der Waals surface area (Å²) in [6.45, 7) is 2.29. The molecule has 4 nitrogen and oxygen atoms in total. The maximum atomic E-state index is 11.0. The molecule has 1 aromatic heterocycles. The monoisotopic (exact) mass is 279 g/mol. The van der Waals surface area contributed by atoms with E-state index >= 15 is 0 Å². The number of carboxylic acid groups (broad SMARTS) is 1. The summed E-state index contributed by atoms with van der Waals surface area (Å²) in [5.41, 5.74) is 1.92. The summed E-state index contributed by atoms with van der Waals surface area (Å²) in [4.78, 5) is 11.0. The second kappa shape index (κ2) is 5.36. The molecule has 0 spiro atoms. The number of rotatable bonds is 4. The summed E-state index contributed by atoms with van der Waals surface area (Å²) in [7, 11) is 1.60. The van der Waals surface area contributed by atoms with E-state index in [0.29, 0.717) is 22.8 Å². The molecule has 1 heterocycles. The van der Waals surface area contributed by atoms with Gasteiger partial charge in [0.15, 0.2) is 0 Å². The van der Waals surface area contributed by atoms with Gasteiger partial charge >= 0.3 is 5.97 Å². The van der Waals surface area contributed by atoms with Gasteiger partial charge in [0, 0.05) is 22.5 Å². The van der Waals surface area contributed by atoms with Gasteiger partial charge < -0.3 is 14.4 Å². The van der Waals surface area contributed by atoms with Crippen LogP contribution in [0.5, 0.6) is 5.75 Å². The molecule has 1 N–H and O–H groups in total. The number of ether oxygens (including phenoxy) is 1. The van der Waals surface area contributed by atoms with E-state index in [4.69, 9.17) is 21.4 Å². The highest BCUT2D eigenvalue weighted by atomic mass is 35.5. The lowest BCUT2D eigenvalue weighted by atomic mass is 10.2. The number of hydrogen-bond donors (Lipinski definition) is 1. The number of benzene rings is 1. The number of carboxylic acids is 1. The molecule has 0 saturated heterocycles. The molecule has 1 aromatic carbocycles. The van der Waals surface area contributed by atoms with E-state index in [9.17, 15) is 4.79 Å². The summed E-state index contributed by atoms with van der Waals surface area (Å²) in [5, 5.41) is 9.65. The molecular formula is C14H14ClNO3. The van der Waals surface area contributed by atoms with Crippen LogP contribution < -0.4 is 4.74 Å². The Morgan fingerprint density at radius 1 is 1.42 bits per heavy atom. The molecule has 0 bridgehead atoms. The average Bonchev–Trinajstić information content (AvgIpc) is 2.71. The Morgan fingerprint density at radius 2 is 2.16 bits per heavy atom. The first-order valence-electron chi connectivity index (χ1n) is 5.74. The first kappa shape index (κ1) is 13.5. The highest BCUT2D eigenvalue weighted by Gasteiger charge is 2.12. The van der Waals surface area contributed by atoms with Gasteiger partial charge in [-0.05, 0) is 31.2 Å². The fourth-order valence-corrected chi connectivity index (χ4v) is 2.20. The van der Waals surface area contributed by atoms with Gasteiger partial charge in [-0.3, -0.25) is 0 Å². The summed E-state index contributed by atoms with van der Waals surface area (Å²) in [6.07, 6.45) is 1.75. The van der Waals surface area contributed by atoms with E-state index in [1.807, 2.05) is 10.6 Å². The molecule has 2 rings (SSSR count). The smallest absolute Gasteiger partial charge is 0.337 e. The van der Waals surface area contributed by atoms with Crippen molar-refractivity contribution in [3.8, 4) is 5.75 Å². The lowest BCUT2D eigenvalue weighted by Gasteiger charge is -2.11. The molecule has 0 radical (unpaired) electrons. The third-order valence-electron chi connectivity index (χ3n) is 3.06. The van der Waals surface area contributed by atoms with Crippen molar-refractivity contribution in [2.24, 2.45) is 0 Å². The van der Waals surface area contributed by atoms with Crippen LogP contribution in [0.15, 0.2) is 30.5 Å². The highest BCUT2D eigenvalue weighted by Crippen LogP contribution is 2.24. The molecule has 0 saturated carbocycles. The quantitative estimate of drug-likeness (QED) is 0.935. The van der Waals surface area contributed by atoms with Crippen LogP contribution in [0.2, 0.25) is 5.02 Å². The molecular weight excluding hydrogens is 266 g/mol. The zero-order valence-electron chi connectivity index (χ0n) is 10.7. The van der Waals surface area contributed by atoms with Crippen LogP contribution in [-0.2, 0) is 6.54 Å². The first-order valence-corrected chi connectivity index (χ1v) is 6.12. The Hall–Kier alpha value is -1.94. The molecule has 0 aliphatic carbocycles. The van der Waals surface area contributed by atoms with Crippen LogP contribution in [0.25, 0.3) is 0 Å². The molecule has 0 unspecified atom stereocenters. The average molecular weight is 280 g/mol. The summed E-state index contributed by atoms with van der Waals surface area (Å²) in [5.74, 6) is -0.191. The number of halogens is 1. The Morgan fingerprint density at radius 3 is 2.74 bits per heavy atom. The van der Waals surface area contributed by atoms with Gasteiger partial charge in [0.2, 0.25) is 0 Å². The van der Waals surface area contributed by atoms with Gasteiger partial charge in [0.05, 0.1) is 19.2 Å². The minimum atomic E-state index is -0.922. The van der Waals surface area contributed by atoms with Crippen molar-refractivity contribution >= 4 is 17.6 Å². The fourth-order valence-electron chi connectivity index (χ4n) is 2.00. The predicted molar refractivity (Wildman–Crippen MR) is 73.2 cm³/mol. The zero-order valence-corrected chi connectivity index (χ0v) is 11.4. The Kier molecular flexibility index (Phi) is 3.81. The van der Waals surface area contributed by atoms with Crippen molar-refractivity contribution in [2.45, 2.75) is 13.5 Å². The number of aromatic carboxylic acids is 1. The van der Waals surface area contributed by atoms with Crippen molar-refractivity contribution in [3.05, 3.63) is 52.3 Å². The summed E-state index contributed by atoms with van der Waals surface area (Å²) < 4.78 is 7.14. The number of hydrogen-bond acceptors (Lipinski definition) is 2. The number of aromatic nitrogens is 1. The number of methoxy groups -OCH3 is 1. The van der Waals surface area contributed by atoms with Crippen LogP contribution in [0.1, 0.15) is 21.6 Å². The SMILES string of the molecule is COc1ccc(Cl)cc1Cn1ccc(C(=O)O)c1C. The zero-order chi connectivity index (χ0) is 14.0. The second-order valence-corrected chi connectivity index (χ2v) is 4.64. The van der Waals surface area contributed by atoms with E-state index in [2.05, 4.69) is 0 Å². The Labute approximate surface area is 116 Å². The van der Waals surface area contributed by atoms with Crippen LogP contribution in [0, 0.1) is 6.92 Å². The normalized spacial score (nSPS) is 10.5. The van der Waals surface area contributed by atoms with Gasteiger partial charge in [-0.25, -0.2) is 4.79 Å². The van der Waals surface area contributed by atoms with E-state index in [-0.39, 0.29) is 0 Å². The lowest BCUT2D eigenvalue weighted by molar-refractivity contribution is 0.0696. The second-order valence-electron chi connectivity index (χ2n) is 4.20. The van der Waals surface area contributed by atoms with Crippen LogP contribution in [0.3, 0.4) is 0 Å². The third kappa shape index (κ3) is 2.74. The molecule has 19 heavy (non-hydrogen) atoms. The molecule has 2 aromatic rings. The summed E-state index contributed by atoms with van der Waals surface area (Å²) in [6, 6.07) is 6.97. The minimum Gasteiger partial charge on any atom is -0.496 e. The van der Waals surface area contributed by atoms with Gasteiger partial charge in [-0.15, -0.1) is 0 Å². The van der Waals surface area contributed by atoms with Gasteiger partial charge in [0.1, 0.15) is 5.75 Å². The van der Waals surface area contributed by atoms with E-state index in [0.717, 1.165) is 11.3 Å².